The van der Waals surface area contributed by atoms with Gasteiger partial charge in [0.05, 0.1) is 16.3 Å². The van der Waals surface area contributed by atoms with E-state index in [-0.39, 0.29) is 11.5 Å². The Bertz CT molecular complexity index is 482. The van der Waals surface area contributed by atoms with Crippen LogP contribution in [0.4, 0.5) is 18.9 Å². The first-order valence-corrected chi connectivity index (χ1v) is 7.18. The van der Waals surface area contributed by atoms with Crippen molar-refractivity contribution in [2.24, 2.45) is 5.41 Å². The predicted octanol–water partition coefficient (Wildman–Crippen LogP) is 5.74. The third kappa shape index (κ3) is 3.81. The van der Waals surface area contributed by atoms with Crippen LogP contribution in [0.1, 0.15) is 45.1 Å². The number of alkyl halides is 3. The van der Waals surface area contributed by atoms with Crippen LogP contribution < -0.4 is 5.32 Å². The molecule has 1 atom stereocenters. The number of anilines is 1. The number of benzene rings is 1. The molecule has 0 bridgehead atoms. The molecule has 112 valence electrons. The van der Waals surface area contributed by atoms with E-state index in [1.807, 2.05) is 0 Å². The molecule has 0 aromatic heterocycles. The highest BCUT2D eigenvalue weighted by molar-refractivity contribution is 6.33. The summed E-state index contributed by atoms with van der Waals surface area (Å²) in [6.07, 6.45) is -0.189. The first kappa shape index (κ1) is 15.5. The molecule has 20 heavy (non-hydrogen) atoms. The zero-order valence-electron chi connectivity index (χ0n) is 11.6. The number of rotatable bonds is 2. The average molecular weight is 306 g/mol. The smallest absolute Gasteiger partial charge is 0.381 e. The summed E-state index contributed by atoms with van der Waals surface area (Å²) in [6, 6.07) is 3.60. The van der Waals surface area contributed by atoms with Crippen LogP contribution in [0.5, 0.6) is 0 Å². The topological polar surface area (TPSA) is 12.0 Å². The van der Waals surface area contributed by atoms with Crippen molar-refractivity contribution in [1.29, 1.82) is 0 Å². The van der Waals surface area contributed by atoms with Crippen molar-refractivity contribution in [3.63, 3.8) is 0 Å². The van der Waals surface area contributed by atoms with Gasteiger partial charge in [-0.3, -0.25) is 0 Å². The van der Waals surface area contributed by atoms with Gasteiger partial charge in [0.2, 0.25) is 0 Å². The zero-order valence-corrected chi connectivity index (χ0v) is 12.4. The van der Waals surface area contributed by atoms with E-state index < -0.39 is 11.7 Å². The van der Waals surface area contributed by atoms with Crippen molar-refractivity contribution in [3.05, 3.63) is 28.8 Å². The molecule has 0 aliphatic heterocycles. The summed E-state index contributed by atoms with van der Waals surface area (Å²) >= 11 is 6.01. The molecule has 0 radical (unpaired) electrons. The minimum absolute atomic E-state index is 0.180. The van der Waals surface area contributed by atoms with Gasteiger partial charge in [-0.2, -0.15) is 13.2 Å². The highest BCUT2D eigenvalue weighted by atomic mass is 35.5. The van der Waals surface area contributed by atoms with E-state index >= 15 is 0 Å². The summed E-state index contributed by atoms with van der Waals surface area (Å²) in [6.45, 7) is 4.38. The van der Waals surface area contributed by atoms with Crippen LogP contribution in [0.3, 0.4) is 0 Å². The van der Waals surface area contributed by atoms with Crippen molar-refractivity contribution < 1.29 is 13.2 Å². The molecule has 1 nitrogen and oxygen atoms in total. The minimum Gasteiger partial charge on any atom is -0.381 e. The van der Waals surface area contributed by atoms with Gasteiger partial charge in [0.25, 0.3) is 0 Å². The molecule has 1 fully saturated rings. The molecule has 2 rings (SSSR count). The van der Waals surface area contributed by atoms with Gasteiger partial charge in [0, 0.05) is 6.04 Å². The average Bonchev–Trinajstić information content (AvgIpc) is 2.29. The highest BCUT2D eigenvalue weighted by Crippen LogP contribution is 2.38. The van der Waals surface area contributed by atoms with Gasteiger partial charge in [-0.05, 0) is 42.9 Å². The summed E-state index contributed by atoms with van der Waals surface area (Å²) in [7, 11) is 0. The van der Waals surface area contributed by atoms with E-state index in [0.29, 0.717) is 10.7 Å². The van der Waals surface area contributed by atoms with E-state index in [4.69, 9.17) is 11.6 Å². The normalized spacial score (nSPS) is 22.6. The lowest BCUT2D eigenvalue weighted by Gasteiger charge is -2.36. The van der Waals surface area contributed by atoms with Crippen molar-refractivity contribution in [2.75, 3.05) is 5.32 Å². The minimum atomic E-state index is -4.34. The molecule has 0 amide bonds. The third-order valence-corrected chi connectivity index (χ3v) is 4.19. The molecule has 0 spiro atoms. The van der Waals surface area contributed by atoms with Crippen LogP contribution in [0.25, 0.3) is 0 Å². The maximum Gasteiger partial charge on any atom is 0.416 e. The van der Waals surface area contributed by atoms with E-state index in [1.54, 1.807) is 0 Å². The quantitative estimate of drug-likeness (QED) is 0.734. The molecule has 1 aromatic carbocycles. The van der Waals surface area contributed by atoms with Gasteiger partial charge in [-0.25, -0.2) is 0 Å². The van der Waals surface area contributed by atoms with E-state index in [9.17, 15) is 13.2 Å². The van der Waals surface area contributed by atoms with Crippen molar-refractivity contribution in [1.82, 2.24) is 0 Å². The maximum absolute atomic E-state index is 12.7. The summed E-state index contributed by atoms with van der Waals surface area (Å²) in [5.74, 6) is 0. The molecule has 0 heterocycles. The fourth-order valence-electron chi connectivity index (χ4n) is 2.85. The van der Waals surface area contributed by atoms with Gasteiger partial charge in [-0.15, -0.1) is 0 Å². The SMILES string of the molecule is CC1(C)CCCC(Nc2cc(C(F)(F)F)ccc2Cl)C1. The van der Waals surface area contributed by atoms with Crippen molar-refractivity contribution in [2.45, 2.75) is 51.7 Å². The first-order valence-electron chi connectivity index (χ1n) is 6.81. The second kappa shape index (κ2) is 5.47. The first-order chi connectivity index (χ1) is 9.17. The van der Waals surface area contributed by atoms with E-state index in [0.717, 1.165) is 37.8 Å². The fourth-order valence-corrected chi connectivity index (χ4v) is 3.03. The Morgan fingerprint density at radius 2 is 2.00 bits per heavy atom. The van der Waals surface area contributed by atoms with Crippen LogP contribution in [0.2, 0.25) is 5.02 Å². The van der Waals surface area contributed by atoms with E-state index in [2.05, 4.69) is 19.2 Å². The lowest BCUT2D eigenvalue weighted by molar-refractivity contribution is -0.137. The Balaban J connectivity index is 2.16. The number of nitrogens with one attached hydrogen (secondary N) is 1. The van der Waals surface area contributed by atoms with Gasteiger partial charge in [-0.1, -0.05) is 31.9 Å². The summed E-state index contributed by atoms with van der Waals surface area (Å²) < 4.78 is 38.2. The maximum atomic E-state index is 12.7. The molecule has 1 N–H and O–H groups in total. The highest BCUT2D eigenvalue weighted by Gasteiger charge is 2.32. The van der Waals surface area contributed by atoms with Gasteiger partial charge in [0.15, 0.2) is 0 Å². The zero-order chi connectivity index (χ0) is 15.0. The number of hydrogen-bond donors (Lipinski definition) is 1. The molecule has 0 saturated heterocycles. The monoisotopic (exact) mass is 305 g/mol. The fraction of sp³-hybridized carbons (Fsp3) is 0.600. The van der Waals surface area contributed by atoms with Gasteiger partial charge >= 0.3 is 6.18 Å². The molecular formula is C15H19ClF3N. The van der Waals surface area contributed by atoms with Crippen LogP contribution in [-0.4, -0.2) is 6.04 Å². The Kier molecular flexibility index (Phi) is 4.24. The van der Waals surface area contributed by atoms with Crippen LogP contribution in [-0.2, 0) is 6.18 Å². The standard InChI is InChI=1S/C15H19ClF3N/c1-14(2)7-3-4-11(9-14)20-13-8-10(15(17,18)19)5-6-12(13)16/h5-6,8,11,20H,3-4,7,9H2,1-2H3. The Labute approximate surface area is 122 Å². The molecule has 1 aliphatic carbocycles. The Morgan fingerprint density at radius 3 is 2.60 bits per heavy atom. The number of halogens is 4. The van der Waals surface area contributed by atoms with Crippen LogP contribution in [0.15, 0.2) is 18.2 Å². The summed E-state index contributed by atoms with van der Waals surface area (Å²) in [5.41, 5.74) is -0.0621. The van der Waals surface area contributed by atoms with Crippen LogP contribution in [0, 0.1) is 5.41 Å². The van der Waals surface area contributed by atoms with Gasteiger partial charge in [0.1, 0.15) is 0 Å². The lowest BCUT2D eigenvalue weighted by atomic mass is 9.75. The molecule has 5 heteroatoms. The molecular weight excluding hydrogens is 287 g/mol. The van der Waals surface area contributed by atoms with Crippen molar-refractivity contribution >= 4 is 17.3 Å². The second-order valence-electron chi connectivity index (χ2n) is 6.29. The predicted molar refractivity (Wildman–Crippen MR) is 76.1 cm³/mol. The summed E-state index contributed by atoms with van der Waals surface area (Å²) in [5, 5.41) is 3.52. The Hall–Kier alpha value is -0.900. The third-order valence-electron chi connectivity index (χ3n) is 3.86. The van der Waals surface area contributed by atoms with Crippen LogP contribution >= 0.6 is 11.6 Å². The summed E-state index contributed by atoms with van der Waals surface area (Å²) in [4.78, 5) is 0. The van der Waals surface area contributed by atoms with Gasteiger partial charge < -0.3 is 5.32 Å². The molecule has 1 aliphatic rings. The molecule has 1 aromatic rings. The lowest BCUT2D eigenvalue weighted by Crippen LogP contribution is -2.31. The Morgan fingerprint density at radius 1 is 1.30 bits per heavy atom. The molecule has 1 unspecified atom stereocenters. The van der Waals surface area contributed by atoms with Crippen molar-refractivity contribution in [3.8, 4) is 0 Å². The number of hydrogen-bond acceptors (Lipinski definition) is 1. The second-order valence-corrected chi connectivity index (χ2v) is 6.70. The van der Waals surface area contributed by atoms with E-state index in [1.165, 1.54) is 6.07 Å². The molecule has 1 saturated carbocycles. The largest absolute Gasteiger partial charge is 0.416 e.